The van der Waals surface area contributed by atoms with Crippen LogP contribution in [0.5, 0.6) is 0 Å². The average molecular weight is 355 g/mol. The Morgan fingerprint density at radius 1 is 1.15 bits per heavy atom. The van der Waals surface area contributed by atoms with Crippen LogP contribution in [0, 0.1) is 5.82 Å². The van der Waals surface area contributed by atoms with Gasteiger partial charge in [0.25, 0.3) is 0 Å². The first-order valence-corrected chi connectivity index (χ1v) is 9.42. The van der Waals surface area contributed by atoms with E-state index in [-0.39, 0.29) is 11.7 Å². The molecule has 1 unspecified atom stereocenters. The average Bonchev–Trinajstić information content (AvgIpc) is 3.56. The summed E-state index contributed by atoms with van der Waals surface area (Å²) in [4.78, 5) is 14.6. The quantitative estimate of drug-likeness (QED) is 0.894. The molecule has 0 spiro atoms. The number of piperazine rings is 1. The SMILES string of the molecule is O=C1NCCN(Cc2nnc(C3CC3)n2C2CC2)C1c1ccccc1F. The molecule has 1 aromatic carbocycles. The van der Waals surface area contributed by atoms with Crippen molar-refractivity contribution in [3.05, 3.63) is 47.3 Å². The highest BCUT2D eigenvalue weighted by Crippen LogP contribution is 2.45. The van der Waals surface area contributed by atoms with Crippen LogP contribution >= 0.6 is 0 Å². The minimum absolute atomic E-state index is 0.152. The Kier molecular flexibility index (Phi) is 3.77. The smallest absolute Gasteiger partial charge is 0.242 e. The summed E-state index contributed by atoms with van der Waals surface area (Å²) in [7, 11) is 0. The van der Waals surface area contributed by atoms with Crippen molar-refractivity contribution >= 4 is 5.91 Å². The van der Waals surface area contributed by atoms with E-state index < -0.39 is 6.04 Å². The monoisotopic (exact) mass is 355 g/mol. The van der Waals surface area contributed by atoms with Gasteiger partial charge in [-0.05, 0) is 31.7 Å². The number of nitrogens with one attached hydrogen (secondary N) is 1. The maximum absolute atomic E-state index is 14.4. The largest absolute Gasteiger partial charge is 0.353 e. The Labute approximate surface area is 151 Å². The summed E-state index contributed by atoms with van der Waals surface area (Å²) in [5.41, 5.74) is 0.421. The molecule has 1 aromatic heterocycles. The van der Waals surface area contributed by atoms with E-state index in [0.717, 1.165) is 11.6 Å². The number of nitrogens with zero attached hydrogens (tertiary/aromatic N) is 4. The van der Waals surface area contributed by atoms with E-state index in [1.165, 1.54) is 31.7 Å². The summed E-state index contributed by atoms with van der Waals surface area (Å²) in [5, 5.41) is 11.8. The second kappa shape index (κ2) is 6.16. The van der Waals surface area contributed by atoms with Crippen molar-refractivity contribution in [1.29, 1.82) is 0 Å². The fraction of sp³-hybridized carbons (Fsp3) is 0.526. The van der Waals surface area contributed by atoms with Crippen LogP contribution in [0.15, 0.2) is 24.3 Å². The van der Waals surface area contributed by atoms with Gasteiger partial charge in [-0.2, -0.15) is 0 Å². The zero-order valence-corrected chi connectivity index (χ0v) is 14.6. The third-order valence-corrected chi connectivity index (χ3v) is 5.50. The summed E-state index contributed by atoms with van der Waals surface area (Å²) in [5.74, 6) is 2.06. The van der Waals surface area contributed by atoms with Gasteiger partial charge in [-0.25, -0.2) is 4.39 Å². The fourth-order valence-corrected chi connectivity index (χ4v) is 3.90. The number of aromatic nitrogens is 3. The lowest BCUT2D eigenvalue weighted by Crippen LogP contribution is -2.50. The Balaban J connectivity index is 1.47. The molecular formula is C19H22FN5O. The van der Waals surface area contributed by atoms with Crippen molar-refractivity contribution < 1.29 is 9.18 Å². The number of hydrogen-bond acceptors (Lipinski definition) is 4. The van der Waals surface area contributed by atoms with Crippen LogP contribution in [0.3, 0.4) is 0 Å². The van der Waals surface area contributed by atoms with Gasteiger partial charge in [-0.15, -0.1) is 10.2 Å². The molecule has 1 amide bonds. The first-order valence-electron chi connectivity index (χ1n) is 9.42. The minimum Gasteiger partial charge on any atom is -0.353 e. The van der Waals surface area contributed by atoms with Crippen LogP contribution in [0.1, 0.15) is 60.9 Å². The zero-order chi connectivity index (χ0) is 17.7. The summed E-state index contributed by atoms with van der Waals surface area (Å²) < 4.78 is 16.6. The molecule has 6 nitrogen and oxygen atoms in total. The minimum atomic E-state index is -0.626. The number of rotatable bonds is 5. The number of hydrogen-bond donors (Lipinski definition) is 1. The molecule has 0 bridgehead atoms. The Hall–Kier alpha value is -2.28. The summed E-state index contributed by atoms with van der Waals surface area (Å²) in [6.45, 7) is 1.75. The predicted molar refractivity (Wildman–Crippen MR) is 92.8 cm³/mol. The lowest BCUT2D eigenvalue weighted by atomic mass is 10.0. The molecule has 1 atom stereocenters. The normalized spacial score (nSPS) is 23.9. The van der Waals surface area contributed by atoms with Crippen molar-refractivity contribution in [3.63, 3.8) is 0 Å². The highest BCUT2D eigenvalue weighted by molar-refractivity contribution is 5.84. The van der Waals surface area contributed by atoms with E-state index in [1.807, 2.05) is 4.90 Å². The lowest BCUT2D eigenvalue weighted by Gasteiger charge is -2.35. The molecular weight excluding hydrogens is 333 g/mol. The lowest BCUT2D eigenvalue weighted by molar-refractivity contribution is -0.129. The Bertz CT molecular complexity index is 842. The molecule has 2 heterocycles. The molecule has 7 heteroatoms. The topological polar surface area (TPSA) is 63.1 Å². The second-order valence-electron chi connectivity index (χ2n) is 7.54. The summed E-state index contributed by atoms with van der Waals surface area (Å²) >= 11 is 0. The maximum atomic E-state index is 14.4. The van der Waals surface area contributed by atoms with Gasteiger partial charge in [0.1, 0.15) is 23.5 Å². The van der Waals surface area contributed by atoms with Gasteiger partial charge in [-0.1, -0.05) is 18.2 Å². The van der Waals surface area contributed by atoms with E-state index in [1.54, 1.807) is 18.2 Å². The molecule has 1 N–H and O–H groups in total. The predicted octanol–water partition coefficient (Wildman–Crippen LogP) is 2.30. The van der Waals surface area contributed by atoms with Crippen LogP contribution in [0.25, 0.3) is 0 Å². The Morgan fingerprint density at radius 3 is 2.69 bits per heavy atom. The molecule has 1 saturated heterocycles. The van der Waals surface area contributed by atoms with Crippen molar-refractivity contribution in [2.45, 2.75) is 50.2 Å². The summed E-state index contributed by atoms with van der Waals surface area (Å²) in [6.07, 6.45) is 4.72. The number of carbonyl (C=O) groups excluding carboxylic acids is 1. The van der Waals surface area contributed by atoms with Crippen molar-refractivity contribution in [1.82, 2.24) is 25.0 Å². The number of benzene rings is 1. The molecule has 2 aliphatic carbocycles. The van der Waals surface area contributed by atoms with E-state index in [0.29, 0.717) is 37.2 Å². The molecule has 3 aliphatic rings. The van der Waals surface area contributed by atoms with Gasteiger partial charge < -0.3 is 9.88 Å². The highest BCUT2D eigenvalue weighted by Gasteiger charge is 2.38. The van der Waals surface area contributed by atoms with Gasteiger partial charge >= 0.3 is 0 Å². The van der Waals surface area contributed by atoms with Crippen LogP contribution in [-0.2, 0) is 11.3 Å². The molecule has 5 rings (SSSR count). The van der Waals surface area contributed by atoms with Gasteiger partial charge in [0.2, 0.25) is 5.91 Å². The third-order valence-electron chi connectivity index (χ3n) is 5.50. The maximum Gasteiger partial charge on any atom is 0.242 e. The van der Waals surface area contributed by atoms with E-state index in [2.05, 4.69) is 20.1 Å². The van der Waals surface area contributed by atoms with Crippen molar-refractivity contribution in [2.75, 3.05) is 13.1 Å². The molecule has 26 heavy (non-hydrogen) atoms. The van der Waals surface area contributed by atoms with E-state index in [4.69, 9.17) is 0 Å². The molecule has 3 fully saturated rings. The molecule has 2 saturated carbocycles. The molecule has 0 radical (unpaired) electrons. The first-order chi connectivity index (χ1) is 12.7. The van der Waals surface area contributed by atoms with Crippen molar-refractivity contribution in [3.8, 4) is 0 Å². The molecule has 2 aromatic rings. The molecule has 136 valence electrons. The molecule has 1 aliphatic heterocycles. The zero-order valence-electron chi connectivity index (χ0n) is 14.6. The Morgan fingerprint density at radius 2 is 1.96 bits per heavy atom. The van der Waals surface area contributed by atoms with Crippen LogP contribution in [0.2, 0.25) is 0 Å². The van der Waals surface area contributed by atoms with Gasteiger partial charge in [0, 0.05) is 30.6 Å². The number of halogens is 1. The second-order valence-corrected chi connectivity index (χ2v) is 7.54. The van der Waals surface area contributed by atoms with Gasteiger partial charge in [0.05, 0.1) is 6.54 Å². The van der Waals surface area contributed by atoms with E-state index >= 15 is 0 Å². The number of carbonyl (C=O) groups is 1. The first kappa shape index (κ1) is 15.9. The van der Waals surface area contributed by atoms with Crippen LogP contribution in [0.4, 0.5) is 4.39 Å². The van der Waals surface area contributed by atoms with Gasteiger partial charge in [-0.3, -0.25) is 9.69 Å². The fourth-order valence-electron chi connectivity index (χ4n) is 3.90. The van der Waals surface area contributed by atoms with Crippen molar-refractivity contribution in [2.24, 2.45) is 0 Å². The van der Waals surface area contributed by atoms with E-state index in [9.17, 15) is 9.18 Å². The summed E-state index contributed by atoms with van der Waals surface area (Å²) in [6, 6.07) is 6.40. The third kappa shape index (κ3) is 2.80. The van der Waals surface area contributed by atoms with Crippen LogP contribution in [-0.4, -0.2) is 38.7 Å². The highest BCUT2D eigenvalue weighted by atomic mass is 19.1. The van der Waals surface area contributed by atoms with Crippen LogP contribution < -0.4 is 5.32 Å². The number of amides is 1. The van der Waals surface area contributed by atoms with Gasteiger partial charge in [0.15, 0.2) is 0 Å². The standard InChI is InChI=1S/C19H22FN5O/c20-15-4-2-1-3-14(15)17-19(26)21-9-10-24(17)11-16-22-23-18(12-5-6-12)25(16)13-7-8-13/h1-4,12-13,17H,5-11H2,(H,21,26).